The summed E-state index contributed by atoms with van der Waals surface area (Å²) in [6.45, 7) is 2.50. The summed E-state index contributed by atoms with van der Waals surface area (Å²) in [5, 5.41) is 16.4. The second-order valence-electron chi connectivity index (χ2n) is 10.4. The fraction of sp³-hybridized carbons (Fsp3) is 0.379. The first-order chi connectivity index (χ1) is 20.0. The fourth-order valence-electron chi connectivity index (χ4n) is 5.08. The molecule has 0 saturated carbocycles. The number of aliphatic hydroxyl groups excluding tert-OH is 1. The predicted octanol–water partition coefficient (Wildman–Crippen LogP) is 4.60. The Balaban J connectivity index is 1.28. The Morgan fingerprint density at radius 1 is 1.21 bits per heavy atom. The van der Waals surface area contributed by atoms with Crippen molar-refractivity contribution in [1.29, 1.82) is 0 Å². The molecule has 2 aromatic carbocycles. The number of ether oxygens (including phenoxy) is 1. The largest absolute Gasteiger partial charge is 0.416 e. The van der Waals surface area contributed by atoms with Crippen LogP contribution in [0.15, 0.2) is 48.7 Å². The minimum atomic E-state index is -4.57. The second-order valence-corrected chi connectivity index (χ2v) is 10.8. The van der Waals surface area contributed by atoms with Gasteiger partial charge in [0.1, 0.15) is 6.54 Å². The van der Waals surface area contributed by atoms with Crippen LogP contribution in [-0.4, -0.2) is 63.7 Å². The van der Waals surface area contributed by atoms with Gasteiger partial charge < -0.3 is 25.4 Å². The lowest BCUT2D eigenvalue weighted by atomic mass is 10.00. The van der Waals surface area contributed by atoms with Crippen LogP contribution in [0.1, 0.15) is 52.9 Å². The summed E-state index contributed by atoms with van der Waals surface area (Å²) in [6.07, 6.45) is -2.60. The maximum absolute atomic E-state index is 13.3. The lowest BCUT2D eigenvalue weighted by molar-refractivity contribution is -0.137. The molecule has 0 radical (unpaired) electrons. The van der Waals surface area contributed by atoms with E-state index in [-0.39, 0.29) is 30.6 Å². The van der Waals surface area contributed by atoms with Gasteiger partial charge in [-0.15, -0.1) is 0 Å². The van der Waals surface area contributed by atoms with Crippen LogP contribution in [0.3, 0.4) is 0 Å². The first-order valence-electron chi connectivity index (χ1n) is 13.4. The Hall–Kier alpha value is -3.74. The van der Waals surface area contributed by atoms with Gasteiger partial charge in [-0.25, -0.2) is 9.97 Å². The number of carbonyl (C=O) groups excluding carboxylic acids is 2. The summed E-state index contributed by atoms with van der Waals surface area (Å²) >= 11 is 6.41. The number of aliphatic hydroxyl groups is 1. The van der Waals surface area contributed by atoms with Gasteiger partial charge in [-0.1, -0.05) is 35.9 Å². The lowest BCUT2D eigenvalue weighted by Gasteiger charge is -2.24. The van der Waals surface area contributed by atoms with Crippen molar-refractivity contribution >= 4 is 29.4 Å². The molecular weight excluding hydrogens is 575 g/mol. The fourth-order valence-corrected chi connectivity index (χ4v) is 5.28. The molecule has 1 saturated heterocycles. The molecule has 0 unspecified atom stereocenters. The molecule has 3 aromatic rings. The Morgan fingerprint density at radius 2 is 1.98 bits per heavy atom. The molecule has 3 heterocycles. The third kappa shape index (κ3) is 6.66. The molecule has 1 aromatic heterocycles. The van der Waals surface area contributed by atoms with Gasteiger partial charge in [0.2, 0.25) is 11.9 Å². The molecule has 42 heavy (non-hydrogen) atoms. The van der Waals surface area contributed by atoms with E-state index in [9.17, 15) is 27.9 Å². The number of aromatic nitrogens is 2. The third-order valence-electron chi connectivity index (χ3n) is 7.27. The van der Waals surface area contributed by atoms with Gasteiger partial charge in [-0.2, -0.15) is 13.2 Å². The second kappa shape index (κ2) is 12.2. The summed E-state index contributed by atoms with van der Waals surface area (Å²) in [6, 6.07) is 8.72. The highest BCUT2D eigenvalue weighted by atomic mass is 35.5. The van der Waals surface area contributed by atoms with Crippen molar-refractivity contribution in [2.45, 2.75) is 50.7 Å². The van der Waals surface area contributed by atoms with E-state index in [1.807, 2.05) is 0 Å². The average molecular weight is 604 g/mol. The Morgan fingerprint density at radius 3 is 2.69 bits per heavy atom. The highest BCUT2D eigenvalue weighted by Crippen LogP contribution is 2.33. The van der Waals surface area contributed by atoms with Crippen molar-refractivity contribution in [3.8, 4) is 11.3 Å². The van der Waals surface area contributed by atoms with Crippen LogP contribution in [0.25, 0.3) is 11.3 Å². The number of nitrogens with zero attached hydrogens (tertiary/aromatic N) is 3. The van der Waals surface area contributed by atoms with Gasteiger partial charge >= 0.3 is 6.18 Å². The van der Waals surface area contributed by atoms with Gasteiger partial charge in [0.25, 0.3) is 5.91 Å². The molecule has 5 rings (SSSR count). The number of rotatable bonds is 8. The molecule has 3 N–H and O–H groups in total. The molecule has 2 amide bonds. The van der Waals surface area contributed by atoms with E-state index < -0.39 is 29.8 Å². The number of nitrogens with one attached hydrogen (secondary N) is 2. The summed E-state index contributed by atoms with van der Waals surface area (Å²) in [5.41, 5.74) is 1.35. The maximum Gasteiger partial charge on any atom is 0.416 e. The number of halogens is 4. The van der Waals surface area contributed by atoms with Crippen LogP contribution in [-0.2, 0) is 22.3 Å². The van der Waals surface area contributed by atoms with Crippen LogP contribution in [0.5, 0.6) is 0 Å². The van der Waals surface area contributed by atoms with Crippen LogP contribution in [0, 0.1) is 0 Å². The number of amides is 2. The van der Waals surface area contributed by atoms with E-state index in [0.29, 0.717) is 46.6 Å². The first-order valence-corrected chi connectivity index (χ1v) is 13.8. The summed E-state index contributed by atoms with van der Waals surface area (Å²) in [7, 11) is 0. The smallest absolute Gasteiger partial charge is 0.391 e. The van der Waals surface area contributed by atoms with E-state index in [1.165, 1.54) is 30.2 Å². The zero-order chi connectivity index (χ0) is 30.0. The maximum atomic E-state index is 13.3. The van der Waals surface area contributed by atoms with Crippen LogP contribution in [0.4, 0.5) is 19.1 Å². The monoisotopic (exact) mass is 603 g/mol. The Labute approximate surface area is 245 Å². The Kier molecular flexibility index (Phi) is 8.67. The van der Waals surface area contributed by atoms with Crippen molar-refractivity contribution in [3.05, 3.63) is 75.9 Å². The number of carbonyl (C=O) groups is 2. The van der Waals surface area contributed by atoms with E-state index in [4.69, 9.17) is 16.3 Å². The quantitative estimate of drug-likeness (QED) is 0.345. The molecular formula is C29H29ClF3N5O4. The van der Waals surface area contributed by atoms with Crippen LogP contribution < -0.4 is 10.6 Å². The molecule has 0 spiro atoms. The highest BCUT2D eigenvalue weighted by Gasteiger charge is 2.33. The summed E-state index contributed by atoms with van der Waals surface area (Å²) < 4.78 is 45.0. The normalized spacial score (nSPS) is 17.1. The number of benzene rings is 2. The molecule has 2 atom stereocenters. The molecule has 0 bridgehead atoms. The molecule has 1 fully saturated rings. The van der Waals surface area contributed by atoms with E-state index in [0.717, 1.165) is 25.0 Å². The third-order valence-corrected chi connectivity index (χ3v) is 7.54. The topological polar surface area (TPSA) is 117 Å². The zero-order valence-corrected chi connectivity index (χ0v) is 23.4. The lowest BCUT2D eigenvalue weighted by Crippen LogP contribution is -2.42. The van der Waals surface area contributed by atoms with Crippen molar-refractivity contribution in [3.63, 3.8) is 0 Å². The van der Waals surface area contributed by atoms with E-state index in [1.54, 1.807) is 18.2 Å². The molecule has 222 valence electrons. The number of hydrogen-bond acceptors (Lipinski definition) is 7. The number of alkyl halides is 3. The number of fused-ring (bicyclic) bond motifs is 1. The van der Waals surface area contributed by atoms with Crippen molar-refractivity contribution < 1.29 is 32.6 Å². The van der Waals surface area contributed by atoms with E-state index >= 15 is 0 Å². The van der Waals surface area contributed by atoms with Gasteiger partial charge in [0.15, 0.2) is 0 Å². The zero-order valence-electron chi connectivity index (χ0n) is 22.6. The molecule has 2 aliphatic heterocycles. The standard InChI is InChI=1S/C29H29ClF3N5O4/c1-16(39)25(17-3-2-4-20(11-17)29(31,32)33)36-24(40)15-38-14-19-6-5-18(12-22(19)27(38)41)26-23(30)13-34-28(37-26)35-21-7-9-42-10-8-21/h2-6,11-13,16,21,25,39H,7-10,14-15H2,1H3,(H,36,40)(H,34,35,37)/t16-,25+/m0/s1. The minimum absolute atomic E-state index is 0.0984. The summed E-state index contributed by atoms with van der Waals surface area (Å²) in [5.74, 6) is -0.595. The van der Waals surface area contributed by atoms with Crippen LogP contribution >= 0.6 is 11.6 Å². The summed E-state index contributed by atoms with van der Waals surface area (Å²) in [4.78, 5) is 36.3. The predicted molar refractivity (Wildman–Crippen MR) is 149 cm³/mol. The molecule has 13 heteroatoms. The Bertz CT molecular complexity index is 1480. The van der Waals surface area contributed by atoms with Crippen LogP contribution in [0.2, 0.25) is 5.02 Å². The van der Waals surface area contributed by atoms with Gasteiger partial charge in [-0.05, 0) is 49.1 Å². The van der Waals surface area contributed by atoms with Gasteiger partial charge in [-0.3, -0.25) is 9.59 Å². The van der Waals surface area contributed by atoms with Crippen molar-refractivity contribution in [2.24, 2.45) is 0 Å². The van der Waals surface area contributed by atoms with Gasteiger partial charge in [0.05, 0.1) is 34.6 Å². The van der Waals surface area contributed by atoms with Crippen molar-refractivity contribution in [1.82, 2.24) is 20.2 Å². The van der Waals surface area contributed by atoms with Gasteiger partial charge in [0, 0.05) is 36.9 Å². The first kappa shape index (κ1) is 29.7. The molecule has 2 aliphatic rings. The molecule has 0 aliphatic carbocycles. The number of hydrogen-bond donors (Lipinski definition) is 3. The average Bonchev–Trinajstić information content (AvgIpc) is 3.26. The van der Waals surface area contributed by atoms with E-state index in [2.05, 4.69) is 20.6 Å². The number of anilines is 1. The molecule has 9 nitrogen and oxygen atoms in total. The minimum Gasteiger partial charge on any atom is -0.391 e. The highest BCUT2D eigenvalue weighted by molar-refractivity contribution is 6.33. The SMILES string of the molecule is C[C@H](O)[C@@H](NC(=O)CN1Cc2ccc(-c3nc(NC4CCOCC4)ncc3Cl)cc2C1=O)c1cccc(C(F)(F)F)c1. The van der Waals surface area contributed by atoms with Crippen molar-refractivity contribution in [2.75, 3.05) is 25.1 Å².